The number of imide groups is 1. The fraction of sp³-hybridized carbons (Fsp3) is 0.314. The van der Waals surface area contributed by atoms with E-state index in [1.54, 1.807) is 55.3 Å². The fourth-order valence-corrected chi connectivity index (χ4v) is 11.2. The predicted octanol–water partition coefficient (Wildman–Crippen LogP) is 6.16. The third kappa shape index (κ3) is 5.32. The van der Waals surface area contributed by atoms with Crippen LogP contribution in [0, 0.1) is 29.6 Å². The van der Waals surface area contributed by atoms with Gasteiger partial charge in [-0.1, -0.05) is 29.5 Å². The van der Waals surface area contributed by atoms with Gasteiger partial charge in [-0.3, -0.25) is 24.1 Å². The first kappa shape index (κ1) is 31.7. The highest BCUT2D eigenvalue weighted by Crippen LogP contribution is 2.68. The Balaban J connectivity index is 1.02. The molecule has 252 valence electrons. The minimum Gasteiger partial charge on any atom is -0.497 e. The Morgan fingerprint density at radius 1 is 0.959 bits per heavy atom. The number of fused-ring (bicyclic) bond motifs is 9. The van der Waals surface area contributed by atoms with Gasteiger partial charge in [0.15, 0.2) is 6.61 Å². The Kier molecular flexibility index (Phi) is 7.63. The molecule has 2 N–H and O–H groups in total. The number of carbonyl (C=O) groups is 3. The first-order chi connectivity index (χ1) is 23.5. The highest BCUT2D eigenvalue weighted by atomic mass is 32.2. The predicted molar refractivity (Wildman–Crippen MR) is 176 cm³/mol. The number of carbonyl (C=O) groups excluding carboxylic acids is 3. The quantitative estimate of drug-likeness (QED) is 0.221. The summed E-state index contributed by atoms with van der Waals surface area (Å²) in [5.41, 5.74) is 0.581. The molecule has 4 aromatic rings. The number of hydrogen-bond acceptors (Lipinski definition) is 8. The number of aromatic amines is 1. The van der Waals surface area contributed by atoms with E-state index in [0.717, 1.165) is 45.4 Å². The molecule has 4 unspecified atom stereocenters. The summed E-state index contributed by atoms with van der Waals surface area (Å²) >= 11 is 2.76. The van der Waals surface area contributed by atoms with Crippen LogP contribution in [0.5, 0.6) is 11.5 Å². The Hall–Kier alpha value is -4.56. The van der Waals surface area contributed by atoms with Crippen molar-refractivity contribution in [3.8, 4) is 11.5 Å². The second-order valence-electron chi connectivity index (χ2n) is 12.7. The van der Waals surface area contributed by atoms with Crippen molar-refractivity contribution in [3.05, 3.63) is 98.5 Å². The molecule has 49 heavy (non-hydrogen) atoms. The number of anilines is 2. The Bertz CT molecular complexity index is 2030. The zero-order chi connectivity index (χ0) is 34.2. The van der Waals surface area contributed by atoms with Gasteiger partial charge >= 0.3 is 11.0 Å². The van der Waals surface area contributed by atoms with Crippen molar-refractivity contribution in [1.82, 2.24) is 4.98 Å². The minimum atomic E-state index is -4.53. The number of benzene rings is 3. The maximum atomic E-state index is 14.0. The number of hydrogen-bond donors (Lipinski definition) is 2. The molecule has 1 aromatic heterocycles. The van der Waals surface area contributed by atoms with Gasteiger partial charge in [-0.15, -0.1) is 11.8 Å². The molecule has 3 amide bonds. The lowest BCUT2D eigenvalue weighted by molar-refractivity contribution is -0.137. The van der Waals surface area contributed by atoms with Gasteiger partial charge in [-0.25, -0.2) is 0 Å². The molecule has 3 aromatic carbocycles. The molecule has 2 aliphatic heterocycles. The summed E-state index contributed by atoms with van der Waals surface area (Å²) in [5.74, 6) is -1.10. The molecule has 2 bridgehead atoms. The van der Waals surface area contributed by atoms with Gasteiger partial charge < -0.3 is 19.8 Å². The van der Waals surface area contributed by atoms with Gasteiger partial charge in [0.2, 0.25) is 11.8 Å². The van der Waals surface area contributed by atoms with Gasteiger partial charge in [0.1, 0.15) is 11.5 Å². The van der Waals surface area contributed by atoms with Crippen molar-refractivity contribution in [2.24, 2.45) is 29.6 Å². The molecule has 1 saturated heterocycles. The lowest BCUT2D eigenvalue weighted by Crippen LogP contribution is -2.42. The van der Waals surface area contributed by atoms with Crippen LogP contribution in [0.4, 0.5) is 24.5 Å². The average molecular weight is 708 g/mol. The minimum absolute atomic E-state index is 0.00691. The van der Waals surface area contributed by atoms with Crippen LogP contribution in [0.3, 0.4) is 0 Å². The normalized spacial score (nSPS) is 26.7. The van der Waals surface area contributed by atoms with Crippen molar-refractivity contribution in [2.75, 3.05) is 23.9 Å². The van der Waals surface area contributed by atoms with Crippen LogP contribution in [-0.2, 0) is 20.6 Å². The highest BCUT2D eigenvalue weighted by Gasteiger charge is 2.69. The number of halogens is 3. The number of thiazole rings is 1. The van der Waals surface area contributed by atoms with E-state index in [2.05, 4.69) is 10.3 Å². The molecule has 2 saturated carbocycles. The van der Waals surface area contributed by atoms with Crippen molar-refractivity contribution in [3.63, 3.8) is 0 Å². The van der Waals surface area contributed by atoms with Gasteiger partial charge in [0.05, 0.1) is 35.2 Å². The monoisotopic (exact) mass is 707 g/mol. The lowest BCUT2D eigenvalue weighted by Gasteiger charge is -2.43. The second kappa shape index (κ2) is 11.8. The van der Waals surface area contributed by atoms with E-state index in [1.807, 2.05) is 12.1 Å². The zero-order valence-electron chi connectivity index (χ0n) is 25.7. The fourth-order valence-electron chi connectivity index (χ4n) is 8.27. The number of alkyl halides is 3. The summed E-state index contributed by atoms with van der Waals surface area (Å²) < 4.78 is 50.0. The molecule has 3 fully saturated rings. The van der Waals surface area contributed by atoms with Crippen LogP contribution in [-0.4, -0.2) is 41.7 Å². The third-order valence-electron chi connectivity index (χ3n) is 10.1. The molecule has 9 nitrogen and oxygen atoms in total. The molecule has 14 heteroatoms. The van der Waals surface area contributed by atoms with E-state index in [1.165, 1.54) is 17.0 Å². The van der Waals surface area contributed by atoms with Crippen LogP contribution >= 0.6 is 23.1 Å². The summed E-state index contributed by atoms with van der Waals surface area (Å²) in [5, 5.41) is 3.24. The number of amides is 3. The second-order valence-corrected chi connectivity index (χ2v) is 14.9. The van der Waals surface area contributed by atoms with Gasteiger partial charge in [0.25, 0.3) is 5.91 Å². The zero-order valence-corrected chi connectivity index (χ0v) is 27.4. The van der Waals surface area contributed by atoms with Crippen molar-refractivity contribution < 1.29 is 37.0 Å². The molecule has 2 aliphatic carbocycles. The third-order valence-corrected chi connectivity index (χ3v) is 12.7. The SMILES string of the molecule is COc1ccc(N2C(=O)C3C(C2=O)[C@@H]2C[C@H]3C3Sc4[nH]c(=O)sc4[C@H](c4ccc(OCC(=O)Nc5cccc(C(F)(F)F)c5)cc4)C32)cc1. The Labute approximate surface area is 285 Å². The number of rotatable bonds is 7. The number of nitrogens with zero attached hydrogens (tertiary/aromatic N) is 1. The topological polar surface area (TPSA) is 118 Å². The molecule has 7 atom stereocenters. The van der Waals surface area contributed by atoms with E-state index in [-0.39, 0.29) is 51.3 Å². The maximum absolute atomic E-state index is 14.0. The van der Waals surface area contributed by atoms with E-state index in [9.17, 15) is 32.3 Å². The summed E-state index contributed by atoms with van der Waals surface area (Å²) in [6.07, 6.45) is -3.78. The van der Waals surface area contributed by atoms with Gasteiger partial charge in [0, 0.05) is 21.7 Å². The summed E-state index contributed by atoms with van der Waals surface area (Å²) in [7, 11) is 1.55. The molecular formula is C35H28F3N3O6S2. The summed E-state index contributed by atoms with van der Waals surface area (Å²) in [4.78, 5) is 57.9. The van der Waals surface area contributed by atoms with Crippen LogP contribution < -0.4 is 24.6 Å². The number of H-pyrrole nitrogens is 1. The van der Waals surface area contributed by atoms with Gasteiger partial charge in [-0.05, 0) is 84.3 Å². The smallest absolute Gasteiger partial charge is 0.416 e. The van der Waals surface area contributed by atoms with E-state index < -0.39 is 36.1 Å². The highest BCUT2D eigenvalue weighted by molar-refractivity contribution is 8.00. The van der Waals surface area contributed by atoms with Crippen molar-refractivity contribution >= 4 is 52.2 Å². The van der Waals surface area contributed by atoms with Crippen molar-refractivity contribution in [2.45, 2.75) is 28.8 Å². The van der Waals surface area contributed by atoms with E-state index in [0.29, 0.717) is 17.2 Å². The summed E-state index contributed by atoms with van der Waals surface area (Å²) in [6.45, 7) is -0.419. The molecule has 8 rings (SSSR count). The van der Waals surface area contributed by atoms with E-state index in [4.69, 9.17) is 9.47 Å². The van der Waals surface area contributed by atoms with Crippen LogP contribution in [0.1, 0.15) is 28.3 Å². The van der Waals surface area contributed by atoms with Gasteiger partial charge in [-0.2, -0.15) is 13.2 Å². The number of nitrogens with one attached hydrogen (secondary N) is 2. The maximum Gasteiger partial charge on any atom is 0.416 e. The van der Waals surface area contributed by atoms with Crippen LogP contribution in [0.15, 0.2) is 82.6 Å². The summed E-state index contributed by atoms with van der Waals surface area (Å²) in [6, 6.07) is 18.5. The van der Waals surface area contributed by atoms with Crippen LogP contribution in [0.25, 0.3) is 0 Å². The lowest BCUT2D eigenvalue weighted by atomic mass is 9.68. The first-order valence-electron chi connectivity index (χ1n) is 15.6. The number of thioether (sulfide) groups is 1. The number of methoxy groups -OCH3 is 1. The number of ether oxygens (including phenoxy) is 2. The first-order valence-corrected chi connectivity index (χ1v) is 17.3. The Morgan fingerprint density at radius 3 is 2.35 bits per heavy atom. The number of aromatic nitrogens is 1. The molecular weight excluding hydrogens is 680 g/mol. The van der Waals surface area contributed by atoms with Crippen LogP contribution in [0.2, 0.25) is 0 Å². The largest absolute Gasteiger partial charge is 0.497 e. The molecule has 4 aliphatic rings. The molecule has 3 heterocycles. The molecule has 0 spiro atoms. The molecule has 0 radical (unpaired) electrons. The Morgan fingerprint density at radius 2 is 1.65 bits per heavy atom. The average Bonchev–Trinajstić information content (AvgIpc) is 3.82. The van der Waals surface area contributed by atoms with E-state index >= 15 is 0 Å². The van der Waals surface area contributed by atoms with Crippen molar-refractivity contribution in [1.29, 1.82) is 0 Å². The standard InChI is InChI=1S/C35H28F3N3O6S2/c1-46-20-11-7-19(8-12-20)41-32(43)27-22-14-23(28(27)33(41)44)29-26(22)25(30-31(48-29)40-34(45)49-30)16-5-9-21(10-6-16)47-15-24(42)39-18-4-2-3-17(13-18)35(36,37)38/h2-13,22-23,25-29H,14-15H2,1H3,(H,39,42)(H,40,45)/t22-,23-,25-,26?,27?,28?,29?/m1/s1.